The third-order valence-electron chi connectivity index (χ3n) is 5.66. The van der Waals surface area contributed by atoms with E-state index in [0.717, 1.165) is 11.3 Å². The zero-order valence-corrected chi connectivity index (χ0v) is 23.0. The second kappa shape index (κ2) is 14.3. The molecule has 0 saturated carbocycles. The number of hydrogen-bond acceptors (Lipinski definition) is 3. The molecule has 7 heteroatoms. The van der Waals surface area contributed by atoms with Crippen molar-refractivity contribution in [2.45, 2.75) is 51.1 Å². The summed E-state index contributed by atoms with van der Waals surface area (Å²) in [5.74, 6) is 1.17. The molecule has 36 heavy (non-hydrogen) atoms. The summed E-state index contributed by atoms with van der Waals surface area (Å²) in [6.07, 6.45) is 0.699. The number of carbonyl (C=O) groups excluding carboxylic acids is 2. The molecule has 3 aromatic carbocycles. The Kier molecular flexibility index (Phi) is 11.2. The first-order valence-corrected chi connectivity index (χ1v) is 13.9. The summed E-state index contributed by atoms with van der Waals surface area (Å²) >= 11 is 14.6. The molecule has 4 nitrogen and oxygen atoms in total. The van der Waals surface area contributed by atoms with Gasteiger partial charge in [0.1, 0.15) is 6.04 Å². The largest absolute Gasteiger partial charge is 0.352 e. The molecule has 1 N–H and O–H groups in total. The Morgan fingerprint density at radius 3 is 2.03 bits per heavy atom. The minimum absolute atomic E-state index is 0.0574. The number of nitrogens with one attached hydrogen (secondary N) is 1. The first-order valence-electron chi connectivity index (χ1n) is 12.0. The lowest BCUT2D eigenvalue weighted by molar-refractivity contribution is -0.141. The van der Waals surface area contributed by atoms with Gasteiger partial charge in [-0.05, 0) is 37.1 Å². The minimum atomic E-state index is -0.700. The highest BCUT2D eigenvalue weighted by Crippen LogP contribution is 2.28. The molecule has 3 aromatic rings. The normalized spacial score (nSPS) is 11.8. The summed E-state index contributed by atoms with van der Waals surface area (Å²) < 4.78 is 0. The van der Waals surface area contributed by atoms with Crippen LogP contribution < -0.4 is 5.32 Å². The van der Waals surface area contributed by atoms with E-state index in [0.29, 0.717) is 34.2 Å². The predicted molar refractivity (Wildman–Crippen MR) is 151 cm³/mol. The van der Waals surface area contributed by atoms with Gasteiger partial charge >= 0.3 is 0 Å². The average molecular weight is 544 g/mol. The molecule has 0 radical (unpaired) electrons. The molecule has 2 amide bonds. The van der Waals surface area contributed by atoms with Crippen LogP contribution in [0, 0.1) is 0 Å². The lowest BCUT2D eigenvalue weighted by Crippen LogP contribution is -2.52. The van der Waals surface area contributed by atoms with Crippen molar-refractivity contribution in [1.29, 1.82) is 0 Å². The summed E-state index contributed by atoms with van der Waals surface area (Å²) in [7, 11) is 0. The molecule has 0 spiro atoms. The van der Waals surface area contributed by atoms with Gasteiger partial charge in [0.05, 0.1) is 0 Å². The van der Waals surface area contributed by atoms with Gasteiger partial charge in [0.2, 0.25) is 11.8 Å². The molecule has 0 fully saturated rings. The second-order valence-corrected chi connectivity index (χ2v) is 10.8. The number of nitrogens with zero attached hydrogens (tertiary/aromatic N) is 1. The molecular weight excluding hydrogens is 511 g/mol. The fourth-order valence-corrected chi connectivity index (χ4v) is 5.26. The maximum atomic E-state index is 13.6. The molecule has 0 aliphatic heterocycles. The predicted octanol–water partition coefficient (Wildman–Crippen LogP) is 6.78. The van der Waals surface area contributed by atoms with Crippen LogP contribution in [0.2, 0.25) is 10.0 Å². The Balaban J connectivity index is 1.84. The highest BCUT2D eigenvalue weighted by atomic mass is 35.5. The van der Waals surface area contributed by atoms with Gasteiger partial charge in [-0.1, -0.05) is 89.9 Å². The van der Waals surface area contributed by atoms with E-state index in [-0.39, 0.29) is 24.4 Å². The third-order valence-corrected chi connectivity index (χ3v) is 7.40. The van der Waals surface area contributed by atoms with Gasteiger partial charge < -0.3 is 10.2 Å². The van der Waals surface area contributed by atoms with Crippen molar-refractivity contribution in [1.82, 2.24) is 10.2 Å². The average Bonchev–Trinajstić information content (AvgIpc) is 2.86. The van der Waals surface area contributed by atoms with E-state index in [1.165, 1.54) is 5.56 Å². The monoisotopic (exact) mass is 542 g/mol. The molecule has 0 heterocycles. The van der Waals surface area contributed by atoms with Gasteiger partial charge in [-0.2, -0.15) is 11.8 Å². The minimum Gasteiger partial charge on any atom is -0.352 e. The van der Waals surface area contributed by atoms with E-state index in [4.69, 9.17) is 23.2 Å². The lowest BCUT2D eigenvalue weighted by Gasteiger charge is -2.32. The van der Waals surface area contributed by atoms with E-state index >= 15 is 0 Å². The Hall–Kier alpha value is -2.47. The van der Waals surface area contributed by atoms with Gasteiger partial charge in [-0.15, -0.1) is 0 Å². The molecule has 0 aliphatic rings. The van der Waals surface area contributed by atoms with E-state index in [1.807, 2.05) is 62.4 Å². The second-order valence-electron chi connectivity index (χ2n) is 8.88. The lowest BCUT2D eigenvalue weighted by atomic mass is 10.0. The van der Waals surface area contributed by atoms with Crippen LogP contribution in [0.5, 0.6) is 0 Å². The maximum Gasteiger partial charge on any atom is 0.243 e. The number of halogens is 2. The van der Waals surface area contributed by atoms with Crippen LogP contribution in [0.3, 0.4) is 0 Å². The van der Waals surface area contributed by atoms with Crippen LogP contribution >= 0.6 is 35.0 Å². The summed E-state index contributed by atoms with van der Waals surface area (Å²) in [5, 5.41) is 3.95. The zero-order chi connectivity index (χ0) is 25.9. The molecule has 1 unspecified atom stereocenters. The maximum absolute atomic E-state index is 13.6. The number of hydrogen-bond donors (Lipinski definition) is 1. The highest BCUT2D eigenvalue weighted by Gasteiger charge is 2.31. The SMILES string of the molecule is CC(C)NC(=O)C(Cc1ccccc1)N(Cc1c(Cl)cccc1Cl)C(=O)CCSCc1ccccc1. The molecule has 0 saturated heterocycles. The fourth-order valence-electron chi connectivity index (χ4n) is 3.86. The zero-order valence-electron chi connectivity index (χ0n) is 20.6. The molecule has 0 aromatic heterocycles. The van der Waals surface area contributed by atoms with Crippen LogP contribution in [-0.4, -0.2) is 34.6 Å². The Morgan fingerprint density at radius 1 is 0.861 bits per heavy atom. The highest BCUT2D eigenvalue weighted by molar-refractivity contribution is 7.98. The Morgan fingerprint density at radius 2 is 1.44 bits per heavy atom. The Bertz CT molecular complexity index is 1110. The summed E-state index contributed by atoms with van der Waals surface area (Å²) in [6, 6.07) is 24.4. The molecule has 3 rings (SSSR count). The van der Waals surface area contributed by atoms with E-state index in [9.17, 15) is 9.59 Å². The molecule has 190 valence electrons. The van der Waals surface area contributed by atoms with Crippen molar-refractivity contribution >= 4 is 46.8 Å². The number of rotatable bonds is 12. The van der Waals surface area contributed by atoms with Crippen molar-refractivity contribution in [3.63, 3.8) is 0 Å². The van der Waals surface area contributed by atoms with Crippen LogP contribution in [0.1, 0.15) is 37.0 Å². The molecule has 0 aliphatic carbocycles. The van der Waals surface area contributed by atoms with Gasteiger partial charge in [0.25, 0.3) is 0 Å². The number of amides is 2. The van der Waals surface area contributed by atoms with Gasteiger partial charge in [0, 0.05) is 52.5 Å². The summed E-state index contributed by atoms with van der Waals surface area (Å²) in [4.78, 5) is 28.7. The first-order chi connectivity index (χ1) is 17.3. The molecule has 1 atom stereocenters. The van der Waals surface area contributed by atoms with Crippen LogP contribution in [0.4, 0.5) is 0 Å². The summed E-state index contributed by atoms with van der Waals surface area (Å²) in [6.45, 7) is 3.98. The number of carbonyl (C=O) groups is 2. The van der Waals surface area contributed by atoms with Crippen molar-refractivity contribution in [3.8, 4) is 0 Å². The number of benzene rings is 3. The van der Waals surface area contributed by atoms with Crippen molar-refractivity contribution in [2.75, 3.05) is 5.75 Å². The quantitative estimate of drug-likeness (QED) is 0.256. The molecular formula is C29H32Cl2N2O2S. The van der Waals surface area contributed by atoms with Gasteiger partial charge in [-0.25, -0.2) is 0 Å². The topological polar surface area (TPSA) is 49.4 Å². The van der Waals surface area contributed by atoms with Crippen LogP contribution in [0.25, 0.3) is 0 Å². The third kappa shape index (κ3) is 8.58. The van der Waals surface area contributed by atoms with Crippen molar-refractivity contribution in [3.05, 3.63) is 106 Å². The Labute approximate surface area is 228 Å². The van der Waals surface area contributed by atoms with E-state index < -0.39 is 6.04 Å². The van der Waals surface area contributed by atoms with Crippen molar-refractivity contribution in [2.24, 2.45) is 0 Å². The van der Waals surface area contributed by atoms with Gasteiger partial charge in [0.15, 0.2) is 0 Å². The smallest absolute Gasteiger partial charge is 0.243 e. The van der Waals surface area contributed by atoms with Gasteiger partial charge in [-0.3, -0.25) is 9.59 Å². The molecule has 0 bridgehead atoms. The number of thioether (sulfide) groups is 1. The van der Waals surface area contributed by atoms with Crippen LogP contribution in [-0.2, 0) is 28.3 Å². The fraction of sp³-hybridized carbons (Fsp3) is 0.310. The van der Waals surface area contributed by atoms with Crippen molar-refractivity contribution < 1.29 is 9.59 Å². The standard InChI is InChI=1S/C29H32Cl2N2O2S/c1-21(2)32-29(35)27(18-22-10-5-3-6-11-22)33(19-24-25(30)14-9-15-26(24)31)28(34)16-17-36-20-23-12-7-4-8-13-23/h3-15,21,27H,16-20H2,1-2H3,(H,32,35). The van der Waals surface area contributed by atoms with E-state index in [2.05, 4.69) is 17.4 Å². The summed E-state index contributed by atoms with van der Waals surface area (Å²) in [5.41, 5.74) is 2.83. The van der Waals surface area contributed by atoms with E-state index in [1.54, 1.807) is 34.9 Å². The first kappa shape index (κ1) is 28.1. The van der Waals surface area contributed by atoms with Crippen LogP contribution in [0.15, 0.2) is 78.9 Å².